The number of hydrogen-bond acceptors (Lipinski definition) is 2. The van der Waals surface area contributed by atoms with Gasteiger partial charge >= 0.3 is 5.97 Å². The summed E-state index contributed by atoms with van der Waals surface area (Å²) >= 11 is 0. The van der Waals surface area contributed by atoms with Crippen LogP contribution in [-0.2, 0) is 9.53 Å². The Morgan fingerprint density at radius 3 is 2.44 bits per heavy atom. The molecule has 0 N–H and O–H groups in total. The number of hydrogen-bond donors (Lipinski definition) is 0. The van der Waals surface area contributed by atoms with Gasteiger partial charge in [0.1, 0.15) is 0 Å². The maximum absolute atomic E-state index is 11.3. The van der Waals surface area contributed by atoms with Crippen LogP contribution in [0.4, 0.5) is 0 Å². The van der Waals surface area contributed by atoms with Crippen LogP contribution in [0, 0.1) is 11.8 Å². The fourth-order valence-corrected chi connectivity index (χ4v) is 1.73. The lowest BCUT2D eigenvalue weighted by Gasteiger charge is -2.19. The number of esters is 1. The van der Waals surface area contributed by atoms with Crippen molar-refractivity contribution in [2.24, 2.45) is 11.8 Å². The summed E-state index contributed by atoms with van der Waals surface area (Å²) in [6.07, 6.45) is 4.61. The van der Waals surface area contributed by atoms with Gasteiger partial charge in [0.15, 0.2) is 0 Å². The third kappa shape index (κ3) is 6.65. The van der Waals surface area contributed by atoms with Crippen LogP contribution in [0.15, 0.2) is 12.2 Å². The van der Waals surface area contributed by atoms with Gasteiger partial charge in [-0.25, -0.2) is 4.79 Å². The Kier molecular flexibility index (Phi) is 7.96. The van der Waals surface area contributed by atoms with Crippen molar-refractivity contribution in [1.29, 1.82) is 0 Å². The molecule has 2 atom stereocenters. The van der Waals surface area contributed by atoms with Gasteiger partial charge in [-0.15, -0.1) is 0 Å². The topological polar surface area (TPSA) is 26.3 Å². The molecule has 0 radical (unpaired) electrons. The van der Waals surface area contributed by atoms with E-state index in [0.717, 1.165) is 19.3 Å². The van der Waals surface area contributed by atoms with E-state index in [1.165, 1.54) is 6.42 Å². The highest BCUT2D eigenvalue weighted by Crippen LogP contribution is 2.20. The van der Waals surface area contributed by atoms with Gasteiger partial charge in [-0.1, -0.05) is 40.2 Å². The predicted molar refractivity (Wildman–Crippen MR) is 68.2 cm³/mol. The zero-order chi connectivity index (χ0) is 12.6. The second-order valence-corrected chi connectivity index (χ2v) is 4.78. The summed E-state index contributed by atoms with van der Waals surface area (Å²) in [7, 11) is 0. The zero-order valence-corrected chi connectivity index (χ0v) is 11.2. The van der Waals surface area contributed by atoms with Crippen LogP contribution in [0.5, 0.6) is 0 Å². The smallest absolute Gasteiger partial charge is 0.333 e. The van der Waals surface area contributed by atoms with Crippen LogP contribution in [-0.4, -0.2) is 12.6 Å². The normalized spacial score (nSPS) is 14.2. The third-order valence-electron chi connectivity index (χ3n) is 2.93. The first-order valence-electron chi connectivity index (χ1n) is 6.33. The molecule has 0 saturated carbocycles. The molecule has 16 heavy (non-hydrogen) atoms. The summed E-state index contributed by atoms with van der Waals surface area (Å²) in [4.78, 5) is 11.3. The molecule has 2 unspecified atom stereocenters. The molecule has 0 aliphatic carbocycles. The summed E-state index contributed by atoms with van der Waals surface area (Å²) in [5.74, 6) is 0.952. The molecule has 0 aliphatic rings. The van der Waals surface area contributed by atoms with E-state index in [1.54, 1.807) is 6.92 Å². The van der Waals surface area contributed by atoms with E-state index in [0.29, 0.717) is 24.0 Å². The Morgan fingerprint density at radius 2 is 2.00 bits per heavy atom. The largest absolute Gasteiger partial charge is 0.462 e. The van der Waals surface area contributed by atoms with Crippen LogP contribution >= 0.6 is 0 Å². The fraction of sp³-hybridized carbons (Fsp3) is 0.786. The second kappa shape index (κ2) is 8.37. The van der Waals surface area contributed by atoms with E-state index < -0.39 is 0 Å². The van der Waals surface area contributed by atoms with E-state index in [4.69, 9.17) is 4.74 Å². The highest BCUT2D eigenvalue weighted by Gasteiger charge is 2.14. The average Bonchev–Trinajstić information content (AvgIpc) is 2.25. The van der Waals surface area contributed by atoms with Gasteiger partial charge in [-0.3, -0.25) is 0 Å². The summed E-state index contributed by atoms with van der Waals surface area (Å²) in [6.45, 7) is 12.4. The Balaban J connectivity index is 4.02. The third-order valence-corrected chi connectivity index (χ3v) is 2.93. The van der Waals surface area contributed by atoms with Crippen molar-refractivity contribution in [3.05, 3.63) is 12.2 Å². The van der Waals surface area contributed by atoms with Gasteiger partial charge < -0.3 is 4.74 Å². The van der Waals surface area contributed by atoms with E-state index >= 15 is 0 Å². The molecular formula is C14H26O2. The summed E-state index contributed by atoms with van der Waals surface area (Å²) in [5, 5.41) is 0. The van der Waals surface area contributed by atoms with Crippen molar-refractivity contribution in [1.82, 2.24) is 0 Å². The molecule has 0 rings (SSSR count). The summed E-state index contributed by atoms with van der Waals surface area (Å²) in [6, 6.07) is 0. The zero-order valence-electron chi connectivity index (χ0n) is 11.2. The second-order valence-electron chi connectivity index (χ2n) is 4.78. The van der Waals surface area contributed by atoms with Crippen molar-refractivity contribution in [3.8, 4) is 0 Å². The first-order chi connectivity index (χ1) is 7.51. The number of rotatable bonds is 8. The van der Waals surface area contributed by atoms with E-state index in [1.807, 2.05) is 0 Å². The lowest BCUT2D eigenvalue weighted by Crippen LogP contribution is -2.16. The molecule has 0 aromatic heterocycles. The molecule has 2 heteroatoms. The monoisotopic (exact) mass is 226 g/mol. The van der Waals surface area contributed by atoms with Crippen LogP contribution in [0.3, 0.4) is 0 Å². The van der Waals surface area contributed by atoms with Crippen LogP contribution < -0.4 is 0 Å². The number of carbonyl (C=O) groups excluding carboxylic acids is 1. The Morgan fingerprint density at radius 1 is 1.38 bits per heavy atom. The molecule has 0 aliphatic heterocycles. The summed E-state index contributed by atoms with van der Waals surface area (Å²) in [5.41, 5.74) is 0.485. The quantitative estimate of drug-likeness (QED) is 0.462. The minimum Gasteiger partial charge on any atom is -0.462 e. The van der Waals surface area contributed by atoms with Crippen molar-refractivity contribution < 1.29 is 9.53 Å². The molecule has 0 fully saturated rings. The lowest BCUT2D eigenvalue weighted by molar-refractivity contribution is -0.140. The molecule has 0 aromatic rings. The maximum Gasteiger partial charge on any atom is 0.333 e. The molecule has 0 bridgehead atoms. The molecule has 0 saturated heterocycles. The molecule has 0 aromatic carbocycles. The SMILES string of the molecule is C=C(C)C(=O)OCC(CCC)CC(C)CC. The average molecular weight is 226 g/mol. The molecule has 0 heterocycles. The maximum atomic E-state index is 11.3. The van der Waals surface area contributed by atoms with E-state index in [2.05, 4.69) is 27.4 Å². The van der Waals surface area contributed by atoms with Crippen LogP contribution in [0.2, 0.25) is 0 Å². The molecule has 0 amide bonds. The van der Waals surface area contributed by atoms with Crippen molar-refractivity contribution in [2.45, 2.75) is 53.4 Å². The van der Waals surface area contributed by atoms with Gasteiger partial charge in [0.2, 0.25) is 0 Å². The van der Waals surface area contributed by atoms with Crippen molar-refractivity contribution in [3.63, 3.8) is 0 Å². The predicted octanol–water partition coefficient (Wildman–Crippen LogP) is 3.96. The van der Waals surface area contributed by atoms with Crippen LogP contribution in [0.1, 0.15) is 53.4 Å². The Labute approximate surface area is 100 Å². The first kappa shape index (κ1) is 15.2. The highest BCUT2D eigenvalue weighted by molar-refractivity contribution is 5.86. The number of ether oxygens (including phenoxy) is 1. The Bertz CT molecular complexity index is 221. The Hall–Kier alpha value is -0.790. The molecular weight excluding hydrogens is 200 g/mol. The van der Waals surface area contributed by atoms with Gasteiger partial charge in [0.05, 0.1) is 6.61 Å². The van der Waals surface area contributed by atoms with Gasteiger partial charge in [-0.2, -0.15) is 0 Å². The molecule has 0 spiro atoms. The standard InChI is InChI=1S/C14H26O2/c1-6-8-13(9-12(5)7-2)10-16-14(15)11(3)4/h12-13H,3,6-10H2,1-2,4-5H3. The van der Waals surface area contributed by atoms with Gasteiger partial charge in [0.25, 0.3) is 0 Å². The highest BCUT2D eigenvalue weighted by atomic mass is 16.5. The summed E-state index contributed by atoms with van der Waals surface area (Å²) < 4.78 is 5.23. The first-order valence-corrected chi connectivity index (χ1v) is 6.33. The van der Waals surface area contributed by atoms with Crippen molar-refractivity contribution >= 4 is 5.97 Å². The molecule has 94 valence electrons. The number of carbonyl (C=O) groups is 1. The van der Waals surface area contributed by atoms with E-state index in [-0.39, 0.29) is 5.97 Å². The van der Waals surface area contributed by atoms with Gasteiger partial charge in [0, 0.05) is 5.57 Å². The molecule has 2 nitrogen and oxygen atoms in total. The fourth-order valence-electron chi connectivity index (χ4n) is 1.73. The van der Waals surface area contributed by atoms with E-state index in [9.17, 15) is 4.79 Å². The van der Waals surface area contributed by atoms with Gasteiger partial charge in [-0.05, 0) is 31.6 Å². The minimum atomic E-state index is -0.259. The van der Waals surface area contributed by atoms with Crippen molar-refractivity contribution in [2.75, 3.05) is 6.61 Å². The lowest BCUT2D eigenvalue weighted by atomic mass is 9.91. The van der Waals surface area contributed by atoms with Crippen LogP contribution in [0.25, 0.3) is 0 Å². The minimum absolute atomic E-state index is 0.259.